The Bertz CT molecular complexity index is 1110. The average Bonchev–Trinajstić information content (AvgIpc) is 2.92. The number of nitrogens with zero attached hydrogens (tertiary/aromatic N) is 2. The minimum Gasteiger partial charge on any atom is -0.321 e. The van der Waals surface area contributed by atoms with Gasteiger partial charge in [-0.05, 0) is 45.4 Å². The van der Waals surface area contributed by atoms with Gasteiger partial charge in [0, 0.05) is 23.6 Å². The summed E-state index contributed by atoms with van der Waals surface area (Å²) in [6, 6.07) is 15.4. The van der Waals surface area contributed by atoms with Crippen LogP contribution < -0.4 is 5.32 Å². The van der Waals surface area contributed by atoms with Gasteiger partial charge in [-0.3, -0.25) is 4.79 Å². The lowest BCUT2D eigenvalue weighted by Gasteiger charge is -2.13. The molecule has 1 heterocycles. The van der Waals surface area contributed by atoms with Gasteiger partial charge >= 0.3 is 0 Å². The van der Waals surface area contributed by atoms with E-state index < -0.39 is 11.9 Å². The van der Waals surface area contributed by atoms with Crippen LogP contribution in [0.15, 0.2) is 48.5 Å². The van der Waals surface area contributed by atoms with Gasteiger partial charge in [-0.15, -0.1) is 0 Å². The Hall–Kier alpha value is -3.39. The number of rotatable bonds is 3. The fraction of sp³-hybridized carbons (Fsp3) is 0.250. The molecule has 0 radical (unpaired) electrons. The highest BCUT2D eigenvalue weighted by molar-refractivity contribution is 6.07. The summed E-state index contributed by atoms with van der Waals surface area (Å²) in [6.07, 6.45) is 0. The average molecular weight is 389 g/mol. The molecular formula is C24H24FN3O. The molecule has 148 valence electrons. The van der Waals surface area contributed by atoms with E-state index in [1.807, 2.05) is 69.3 Å². The number of aryl methyl sites for hydroxylation is 2. The molecule has 3 aromatic rings. The Kier molecular flexibility index (Phi) is 5.56. The molecule has 5 heteroatoms. The van der Waals surface area contributed by atoms with Crippen molar-refractivity contribution in [3.63, 3.8) is 0 Å². The highest BCUT2D eigenvalue weighted by Crippen LogP contribution is 2.30. The molecule has 0 bridgehead atoms. The third kappa shape index (κ3) is 4.72. The highest BCUT2D eigenvalue weighted by atomic mass is 19.1. The van der Waals surface area contributed by atoms with E-state index in [-0.39, 0.29) is 11.0 Å². The van der Waals surface area contributed by atoms with Gasteiger partial charge in [0.15, 0.2) is 0 Å². The molecule has 29 heavy (non-hydrogen) atoms. The number of aromatic nitrogens is 2. The number of carbonyl (C=O) groups excluding carboxylic acids is 1. The summed E-state index contributed by atoms with van der Waals surface area (Å²) in [7, 11) is 1.47. The first-order valence-electron chi connectivity index (χ1n) is 9.39. The highest BCUT2D eigenvalue weighted by Gasteiger charge is 2.21. The molecule has 0 atom stereocenters. The largest absolute Gasteiger partial charge is 0.321 e. The fourth-order valence-electron chi connectivity index (χ4n) is 2.93. The zero-order valence-electron chi connectivity index (χ0n) is 17.3. The molecule has 1 amide bonds. The number of nitrogens with one attached hydrogen (secondary N) is 1. The van der Waals surface area contributed by atoms with Gasteiger partial charge in [0.25, 0.3) is 5.91 Å². The van der Waals surface area contributed by atoms with Crippen LogP contribution in [0.3, 0.4) is 0 Å². The monoisotopic (exact) mass is 389 g/mol. The number of carbonyl (C=O) groups is 1. The Morgan fingerprint density at radius 1 is 1.14 bits per heavy atom. The normalized spacial score (nSPS) is 11.0. The summed E-state index contributed by atoms with van der Waals surface area (Å²) >= 11 is 0. The number of hydrogen-bond donors (Lipinski definition) is 1. The molecule has 0 saturated carbocycles. The molecule has 0 aliphatic heterocycles. The van der Waals surface area contributed by atoms with Crippen molar-refractivity contribution in [2.45, 2.75) is 27.7 Å². The van der Waals surface area contributed by atoms with Gasteiger partial charge in [-0.1, -0.05) is 48.2 Å². The van der Waals surface area contributed by atoms with Crippen LogP contribution in [0.1, 0.15) is 42.4 Å². The zero-order chi connectivity index (χ0) is 21.2. The minimum absolute atomic E-state index is 0.0577. The third-order valence-electron chi connectivity index (χ3n) is 4.31. The SMILES string of the molecule is Cc1nn(C)c(F)c1C(=O)Nc1cc(C#CC(C)(C)C)ccc1-c1ccccc1. The molecule has 3 rings (SSSR count). The summed E-state index contributed by atoms with van der Waals surface area (Å²) in [5.74, 6) is 5.15. The van der Waals surface area contributed by atoms with Crippen molar-refractivity contribution in [3.05, 3.63) is 71.3 Å². The van der Waals surface area contributed by atoms with Crippen molar-refractivity contribution in [2.75, 3.05) is 5.32 Å². The standard InChI is InChI=1S/C24H24FN3O/c1-16-21(22(25)28(5)27-16)23(29)26-20-15-17(13-14-24(2,3)4)11-12-19(20)18-9-7-6-8-10-18/h6-12,15H,1-5H3,(H,26,29). The van der Waals surface area contributed by atoms with E-state index in [1.54, 1.807) is 6.92 Å². The smallest absolute Gasteiger partial charge is 0.262 e. The van der Waals surface area contributed by atoms with Crippen molar-refractivity contribution in [3.8, 4) is 23.0 Å². The Morgan fingerprint density at radius 2 is 1.83 bits per heavy atom. The summed E-state index contributed by atoms with van der Waals surface area (Å²) in [5, 5.41) is 6.84. The first-order chi connectivity index (χ1) is 13.7. The van der Waals surface area contributed by atoms with Crippen LogP contribution in [0.4, 0.5) is 10.1 Å². The molecular weight excluding hydrogens is 365 g/mol. The lowest BCUT2D eigenvalue weighted by molar-refractivity contribution is 0.102. The molecule has 2 aromatic carbocycles. The van der Waals surface area contributed by atoms with Gasteiger partial charge in [0.2, 0.25) is 5.95 Å². The summed E-state index contributed by atoms with van der Waals surface area (Å²) in [5.41, 5.74) is 3.27. The maximum Gasteiger partial charge on any atom is 0.262 e. The molecule has 1 aromatic heterocycles. The van der Waals surface area contributed by atoms with E-state index in [9.17, 15) is 9.18 Å². The molecule has 0 unspecified atom stereocenters. The van der Waals surface area contributed by atoms with Crippen LogP contribution in [0.25, 0.3) is 11.1 Å². The lowest BCUT2D eigenvalue weighted by atomic mass is 9.96. The molecule has 0 spiro atoms. The van der Waals surface area contributed by atoms with E-state index in [4.69, 9.17) is 0 Å². The van der Waals surface area contributed by atoms with Crippen molar-refractivity contribution in [1.82, 2.24) is 9.78 Å². The summed E-state index contributed by atoms with van der Waals surface area (Å²) in [4.78, 5) is 12.8. The maximum absolute atomic E-state index is 14.3. The van der Waals surface area contributed by atoms with Gasteiger partial charge in [-0.25, -0.2) is 4.68 Å². The van der Waals surface area contributed by atoms with Crippen LogP contribution in [-0.4, -0.2) is 15.7 Å². The maximum atomic E-state index is 14.3. The van der Waals surface area contributed by atoms with Crippen molar-refractivity contribution in [2.24, 2.45) is 12.5 Å². The second-order valence-corrected chi connectivity index (χ2v) is 7.96. The molecule has 0 saturated heterocycles. The number of amides is 1. The fourth-order valence-corrected chi connectivity index (χ4v) is 2.93. The lowest BCUT2D eigenvalue weighted by Crippen LogP contribution is -2.15. The van der Waals surface area contributed by atoms with Crippen molar-refractivity contribution >= 4 is 11.6 Å². The van der Waals surface area contributed by atoms with Crippen molar-refractivity contribution < 1.29 is 9.18 Å². The van der Waals surface area contributed by atoms with E-state index in [1.165, 1.54) is 7.05 Å². The predicted molar refractivity (Wildman–Crippen MR) is 114 cm³/mol. The number of anilines is 1. The van der Waals surface area contributed by atoms with Crippen LogP contribution in [0.5, 0.6) is 0 Å². The van der Waals surface area contributed by atoms with E-state index in [0.29, 0.717) is 11.4 Å². The number of benzene rings is 2. The van der Waals surface area contributed by atoms with Crippen LogP contribution >= 0.6 is 0 Å². The second-order valence-electron chi connectivity index (χ2n) is 7.96. The van der Waals surface area contributed by atoms with Crippen LogP contribution in [0.2, 0.25) is 0 Å². The number of halogens is 1. The van der Waals surface area contributed by atoms with Crippen molar-refractivity contribution in [1.29, 1.82) is 0 Å². The van der Waals surface area contributed by atoms with Crippen LogP contribution in [-0.2, 0) is 7.05 Å². The Balaban J connectivity index is 2.05. The second kappa shape index (κ2) is 7.92. The quantitative estimate of drug-likeness (QED) is 0.627. The molecule has 4 nitrogen and oxygen atoms in total. The molecule has 0 aliphatic carbocycles. The molecule has 1 N–H and O–H groups in total. The van der Waals surface area contributed by atoms with Gasteiger partial charge in [-0.2, -0.15) is 9.49 Å². The van der Waals surface area contributed by atoms with Gasteiger partial charge in [0.05, 0.1) is 11.4 Å². The zero-order valence-corrected chi connectivity index (χ0v) is 17.3. The summed E-state index contributed by atoms with van der Waals surface area (Å²) in [6.45, 7) is 7.72. The predicted octanol–water partition coefficient (Wildman–Crippen LogP) is 5.18. The van der Waals surface area contributed by atoms with E-state index in [2.05, 4.69) is 22.3 Å². The van der Waals surface area contributed by atoms with Gasteiger partial charge < -0.3 is 5.32 Å². The Morgan fingerprint density at radius 3 is 2.41 bits per heavy atom. The summed E-state index contributed by atoms with van der Waals surface area (Å²) < 4.78 is 15.4. The Labute approximate surface area is 170 Å². The minimum atomic E-state index is -0.662. The third-order valence-corrected chi connectivity index (χ3v) is 4.31. The molecule has 0 aliphatic rings. The van der Waals surface area contributed by atoms with Gasteiger partial charge in [0.1, 0.15) is 5.56 Å². The first-order valence-corrected chi connectivity index (χ1v) is 9.39. The first kappa shape index (κ1) is 20.3. The number of hydrogen-bond acceptors (Lipinski definition) is 2. The van der Waals surface area contributed by atoms with E-state index in [0.717, 1.165) is 21.4 Å². The van der Waals surface area contributed by atoms with Crippen LogP contribution in [0, 0.1) is 30.1 Å². The van der Waals surface area contributed by atoms with E-state index >= 15 is 0 Å². The molecule has 0 fully saturated rings. The topological polar surface area (TPSA) is 46.9 Å².